The van der Waals surface area contributed by atoms with Crippen molar-refractivity contribution in [2.45, 2.75) is 58.7 Å². The quantitative estimate of drug-likeness (QED) is 0.436. The Morgan fingerprint density at radius 1 is 1.13 bits per heavy atom. The molecule has 23 heavy (non-hydrogen) atoms. The molecule has 0 aromatic rings. The van der Waals surface area contributed by atoms with Crippen molar-refractivity contribution >= 4 is 11.9 Å². The summed E-state index contributed by atoms with van der Waals surface area (Å²) >= 11 is 0. The maximum atomic E-state index is 12.5. The predicted molar refractivity (Wildman–Crippen MR) is 74.9 cm³/mol. The Bertz CT molecular complexity index is 456. The van der Waals surface area contributed by atoms with Crippen LogP contribution in [0.5, 0.6) is 0 Å². The smallest absolute Gasteiger partial charge is 0.459 e. The molecule has 0 heterocycles. The SMILES string of the molecule is C=C(CC)OC(=O)C(C)(NCC(=O)OC(C)(C)C)OC(F)(F)F. The van der Waals surface area contributed by atoms with Gasteiger partial charge in [-0.15, -0.1) is 13.2 Å². The molecule has 0 aromatic carbocycles. The number of esters is 2. The minimum Gasteiger partial charge on any atom is -0.459 e. The molecule has 1 unspecified atom stereocenters. The number of rotatable bonds is 7. The third kappa shape index (κ3) is 9.19. The van der Waals surface area contributed by atoms with E-state index in [0.717, 1.165) is 6.92 Å². The van der Waals surface area contributed by atoms with Gasteiger partial charge in [0.15, 0.2) is 0 Å². The highest BCUT2D eigenvalue weighted by atomic mass is 19.4. The van der Waals surface area contributed by atoms with E-state index in [0.29, 0.717) is 0 Å². The Hall–Kier alpha value is -1.61. The molecule has 1 N–H and O–H groups in total. The van der Waals surface area contributed by atoms with Gasteiger partial charge in [-0.3, -0.25) is 14.8 Å². The Balaban J connectivity index is 5.03. The molecule has 0 bridgehead atoms. The Morgan fingerprint density at radius 2 is 1.65 bits per heavy atom. The first-order valence-electron chi connectivity index (χ1n) is 6.82. The molecule has 0 fully saturated rings. The number of ether oxygens (including phenoxy) is 3. The monoisotopic (exact) mass is 341 g/mol. The maximum Gasteiger partial charge on any atom is 0.524 e. The van der Waals surface area contributed by atoms with Gasteiger partial charge in [0.1, 0.15) is 11.4 Å². The summed E-state index contributed by atoms with van der Waals surface area (Å²) in [6.45, 7) is 9.87. The average molecular weight is 341 g/mol. The summed E-state index contributed by atoms with van der Waals surface area (Å²) in [5, 5.41) is 2.07. The van der Waals surface area contributed by atoms with Gasteiger partial charge in [0, 0.05) is 6.42 Å². The molecule has 0 amide bonds. The number of carbonyl (C=O) groups is 2. The topological polar surface area (TPSA) is 73.9 Å². The molecule has 0 aliphatic carbocycles. The summed E-state index contributed by atoms with van der Waals surface area (Å²) in [6, 6.07) is 0. The van der Waals surface area contributed by atoms with Crippen LogP contribution in [-0.4, -0.2) is 36.2 Å². The lowest BCUT2D eigenvalue weighted by molar-refractivity contribution is -0.364. The van der Waals surface area contributed by atoms with Crippen molar-refractivity contribution in [3.8, 4) is 0 Å². The van der Waals surface area contributed by atoms with Crippen LogP contribution in [-0.2, 0) is 23.8 Å². The number of hydrogen-bond donors (Lipinski definition) is 1. The largest absolute Gasteiger partial charge is 0.524 e. The second-order valence-corrected chi connectivity index (χ2v) is 5.80. The average Bonchev–Trinajstić information content (AvgIpc) is 2.32. The van der Waals surface area contributed by atoms with E-state index in [-0.39, 0.29) is 12.2 Å². The summed E-state index contributed by atoms with van der Waals surface area (Å²) in [5.41, 5.74) is -3.44. The van der Waals surface area contributed by atoms with E-state index in [9.17, 15) is 22.8 Å². The molecule has 6 nitrogen and oxygen atoms in total. The summed E-state index contributed by atoms with van der Waals surface area (Å²) in [4.78, 5) is 23.5. The van der Waals surface area contributed by atoms with Crippen molar-refractivity contribution in [1.29, 1.82) is 0 Å². The third-order valence-corrected chi connectivity index (χ3v) is 2.33. The summed E-state index contributed by atoms with van der Waals surface area (Å²) in [6.07, 6.45) is -4.90. The number of allylic oxidation sites excluding steroid dienone is 1. The van der Waals surface area contributed by atoms with Crippen LogP contribution in [0.25, 0.3) is 0 Å². The standard InChI is InChI=1S/C14H22F3NO5/c1-7-9(2)21-11(20)13(6,23-14(15,16)17)18-8-10(19)22-12(3,4)5/h18H,2,7-8H2,1,3-6H3. The van der Waals surface area contributed by atoms with Gasteiger partial charge in [-0.25, -0.2) is 4.79 Å². The van der Waals surface area contributed by atoms with E-state index in [1.807, 2.05) is 0 Å². The lowest BCUT2D eigenvalue weighted by Gasteiger charge is -2.29. The first-order valence-corrected chi connectivity index (χ1v) is 6.82. The van der Waals surface area contributed by atoms with Crippen LogP contribution in [0, 0.1) is 0 Å². The highest BCUT2D eigenvalue weighted by molar-refractivity contribution is 5.81. The zero-order chi connectivity index (χ0) is 18.5. The zero-order valence-corrected chi connectivity index (χ0v) is 13.8. The normalized spacial score (nSPS) is 14.8. The lowest BCUT2D eigenvalue weighted by Crippen LogP contribution is -2.56. The van der Waals surface area contributed by atoms with Gasteiger partial charge in [-0.1, -0.05) is 13.5 Å². The van der Waals surface area contributed by atoms with E-state index in [4.69, 9.17) is 4.74 Å². The fourth-order valence-corrected chi connectivity index (χ4v) is 1.30. The van der Waals surface area contributed by atoms with Gasteiger partial charge >= 0.3 is 18.3 Å². The summed E-state index contributed by atoms with van der Waals surface area (Å²) < 4.78 is 50.9. The molecule has 0 radical (unpaired) electrons. The molecule has 9 heteroatoms. The van der Waals surface area contributed by atoms with Crippen molar-refractivity contribution < 1.29 is 37.0 Å². The fraction of sp³-hybridized carbons (Fsp3) is 0.714. The van der Waals surface area contributed by atoms with Gasteiger partial charge in [0.25, 0.3) is 0 Å². The van der Waals surface area contributed by atoms with E-state index < -0.39 is 36.2 Å². The van der Waals surface area contributed by atoms with Crippen molar-refractivity contribution in [2.24, 2.45) is 0 Å². The fourth-order valence-electron chi connectivity index (χ4n) is 1.30. The first kappa shape index (κ1) is 21.4. The van der Waals surface area contributed by atoms with Crippen LogP contribution in [0.1, 0.15) is 41.0 Å². The second kappa shape index (κ2) is 7.78. The predicted octanol–water partition coefficient (Wildman–Crippen LogP) is 2.64. The van der Waals surface area contributed by atoms with Crippen molar-refractivity contribution in [3.63, 3.8) is 0 Å². The molecule has 0 spiro atoms. The first-order chi connectivity index (χ1) is 10.2. The van der Waals surface area contributed by atoms with Crippen molar-refractivity contribution in [1.82, 2.24) is 5.32 Å². The zero-order valence-electron chi connectivity index (χ0n) is 13.8. The van der Waals surface area contributed by atoms with Crippen LogP contribution in [0.15, 0.2) is 12.3 Å². The van der Waals surface area contributed by atoms with Gasteiger partial charge in [0.05, 0.1) is 6.54 Å². The molecule has 1 atom stereocenters. The molecule has 0 aromatic heterocycles. The minimum atomic E-state index is -5.12. The molecule has 0 aliphatic rings. The van der Waals surface area contributed by atoms with Crippen molar-refractivity contribution in [3.05, 3.63) is 12.3 Å². The Morgan fingerprint density at radius 3 is 2.04 bits per heavy atom. The van der Waals surface area contributed by atoms with Crippen LogP contribution >= 0.6 is 0 Å². The van der Waals surface area contributed by atoms with E-state index in [1.165, 1.54) is 0 Å². The van der Waals surface area contributed by atoms with Gasteiger partial charge in [-0.05, 0) is 27.7 Å². The van der Waals surface area contributed by atoms with Gasteiger partial charge in [0.2, 0.25) is 5.72 Å². The molecule has 0 saturated heterocycles. The number of halogens is 3. The van der Waals surface area contributed by atoms with Crippen LogP contribution in [0.3, 0.4) is 0 Å². The molecular formula is C14H22F3NO5. The van der Waals surface area contributed by atoms with Crippen molar-refractivity contribution in [2.75, 3.05) is 6.54 Å². The minimum absolute atomic E-state index is 0.0360. The Labute approximate surface area is 133 Å². The van der Waals surface area contributed by atoms with Crippen LogP contribution in [0.4, 0.5) is 13.2 Å². The number of alkyl halides is 3. The van der Waals surface area contributed by atoms with Crippen LogP contribution in [0.2, 0.25) is 0 Å². The highest BCUT2D eigenvalue weighted by Gasteiger charge is 2.47. The third-order valence-electron chi connectivity index (χ3n) is 2.33. The molecule has 0 aliphatic heterocycles. The molecule has 134 valence electrons. The maximum absolute atomic E-state index is 12.5. The van der Waals surface area contributed by atoms with Gasteiger partial charge < -0.3 is 9.47 Å². The molecular weight excluding hydrogens is 319 g/mol. The lowest BCUT2D eigenvalue weighted by atomic mass is 10.2. The molecule has 0 rings (SSSR count). The van der Waals surface area contributed by atoms with Crippen LogP contribution < -0.4 is 5.32 Å². The highest BCUT2D eigenvalue weighted by Crippen LogP contribution is 2.25. The Kier molecular flexibility index (Phi) is 7.24. The number of nitrogens with one attached hydrogen (secondary N) is 1. The number of carbonyl (C=O) groups excluding carboxylic acids is 2. The van der Waals surface area contributed by atoms with E-state index in [2.05, 4.69) is 21.4 Å². The second-order valence-electron chi connectivity index (χ2n) is 5.80. The van der Waals surface area contributed by atoms with Gasteiger partial charge in [-0.2, -0.15) is 0 Å². The summed E-state index contributed by atoms with van der Waals surface area (Å²) in [7, 11) is 0. The summed E-state index contributed by atoms with van der Waals surface area (Å²) in [5.74, 6) is -2.26. The van der Waals surface area contributed by atoms with E-state index >= 15 is 0 Å². The number of hydrogen-bond acceptors (Lipinski definition) is 6. The van der Waals surface area contributed by atoms with E-state index in [1.54, 1.807) is 27.7 Å². The molecule has 0 saturated carbocycles.